The number of anilines is 1. The fourth-order valence-electron chi connectivity index (χ4n) is 3.52. The Balaban J connectivity index is 1.62. The largest absolute Gasteiger partial charge is 0.383 e. The second kappa shape index (κ2) is 6.33. The molecule has 2 unspecified atom stereocenters. The molecule has 3 nitrogen and oxygen atoms in total. The van der Waals surface area contributed by atoms with Crippen molar-refractivity contribution in [1.82, 2.24) is 5.32 Å². The first-order valence-electron chi connectivity index (χ1n) is 7.52. The zero-order valence-corrected chi connectivity index (χ0v) is 12.8. The lowest BCUT2D eigenvalue weighted by atomic mass is 10.1. The molecule has 1 aromatic carbocycles. The van der Waals surface area contributed by atoms with Crippen LogP contribution >= 0.6 is 11.6 Å². The van der Waals surface area contributed by atoms with Crippen molar-refractivity contribution in [2.24, 2.45) is 5.92 Å². The molecule has 0 amide bonds. The van der Waals surface area contributed by atoms with Gasteiger partial charge in [0.15, 0.2) is 0 Å². The molecule has 1 heterocycles. The molecule has 20 heavy (non-hydrogen) atoms. The van der Waals surface area contributed by atoms with Crippen LogP contribution in [0, 0.1) is 5.92 Å². The molecule has 4 heteroatoms. The van der Waals surface area contributed by atoms with Crippen molar-refractivity contribution in [3.63, 3.8) is 0 Å². The molecule has 2 bridgehead atoms. The van der Waals surface area contributed by atoms with E-state index in [2.05, 4.69) is 28.4 Å². The van der Waals surface area contributed by atoms with Gasteiger partial charge >= 0.3 is 0 Å². The summed E-state index contributed by atoms with van der Waals surface area (Å²) >= 11 is 6.49. The Morgan fingerprint density at radius 2 is 2.30 bits per heavy atom. The van der Waals surface area contributed by atoms with Crippen molar-refractivity contribution in [1.29, 1.82) is 0 Å². The van der Waals surface area contributed by atoms with Crippen molar-refractivity contribution in [3.05, 3.63) is 28.8 Å². The van der Waals surface area contributed by atoms with Gasteiger partial charge in [0.2, 0.25) is 0 Å². The summed E-state index contributed by atoms with van der Waals surface area (Å²) in [5, 5.41) is 4.24. The summed E-state index contributed by atoms with van der Waals surface area (Å²) in [6.45, 7) is 3.64. The van der Waals surface area contributed by atoms with Gasteiger partial charge in [-0.05, 0) is 42.9 Å². The number of ether oxygens (including phenoxy) is 1. The van der Waals surface area contributed by atoms with Crippen molar-refractivity contribution >= 4 is 17.3 Å². The van der Waals surface area contributed by atoms with E-state index < -0.39 is 0 Å². The van der Waals surface area contributed by atoms with Crippen LogP contribution in [0.1, 0.15) is 24.8 Å². The molecule has 0 radical (unpaired) electrons. The maximum absolute atomic E-state index is 6.49. The van der Waals surface area contributed by atoms with Crippen LogP contribution in [0.5, 0.6) is 0 Å². The Bertz CT molecular complexity index is 466. The molecule has 110 valence electrons. The van der Waals surface area contributed by atoms with Gasteiger partial charge in [-0.3, -0.25) is 0 Å². The van der Waals surface area contributed by atoms with Crippen molar-refractivity contribution in [2.45, 2.75) is 31.8 Å². The lowest BCUT2D eigenvalue weighted by Gasteiger charge is -2.30. The maximum atomic E-state index is 6.49. The minimum atomic E-state index is 0.725. The average molecular weight is 295 g/mol. The lowest BCUT2D eigenvalue weighted by Crippen LogP contribution is -2.32. The van der Waals surface area contributed by atoms with Crippen LogP contribution in [0.15, 0.2) is 18.2 Å². The maximum Gasteiger partial charge on any atom is 0.0642 e. The predicted molar refractivity (Wildman–Crippen MR) is 83.5 cm³/mol. The first kappa shape index (κ1) is 14.2. The van der Waals surface area contributed by atoms with Gasteiger partial charge in [-0.2, -0.15) is 0 Å². The van der Waals surface area contributed by atoms with E-state index in [1.165, 1.54) is 37.1 Å². The van der Waals surface area contributed by atoms with E-state index in [-0.39, 0.29) is 0 Å². The molecule has 2 aliphatic rings. The third-order valence-corrected chi connectivity index (χ3v) is 4.85. The molecule has 1 saturated carbocycles. The molecule has 2 atom stereocenters. The summed E-state index contributed by atoms with van der Waals surface area (Å²) in [4.78, 5) is 2.51. The molecule has 0 spiro atoms. The van der Waals surface area contributed by atoms with Crippen LogP contribution in [-0.4, -0.2) is 32.8 Å². The monoisotopic (exact) mass is 294 g/mol. The van der Waals surface area contributed by atoms with Crippen LogP contribution in [0.2, 0.25) is 5.02 Å². The number of nitrogens with one attached hydrogen (secondary N) is 1. The fourth-order valence-corrected chi connectivity index (χ4v) is 3.83. The summed E-state index contributed by atoms with van der Waals surface area (Å²) in [7, 11) is 1.72. The molecule has 2 fully saturated rings. The highest BCUT2D eigenvalue weighted by atomic mass is 35.5. The molecular formula is C16H23ClN2O. The lowest BCUT2D eigenvalue weighted by molar-refractivity contribution is 0.199. The first-order valence-corrected chi connectivity index (χ1v) is 7.90. The zero-order chi connectivity index (χ0) is 13.9. The fraction of sp³-hybridized carbons (Fsp3) is 0.625. The summed E-state index contributed by atoms with van der Waals surface area (Å²) in [6.07, 6.45) is 4.10. The Hall–Kier alpha value is -0.770. The number of fused-ring (bicyclic) bond motifs is 2. The van der Waals surface area contributed by atoms with Crippen LogP contribution in [-0.2, 0) is 11.3 Å². The normalized spacial score (nSPS) is 24.6. The Kier molecular flexibility index (Phi) is 4.49. The van der Waals surface area contributed by atoms with E-state index in [1.54, 1.807) is 7.11 Å². The molecule has 1 aromatic rings. The van der Waals surface area contributed by atoms with Crippen LogP contribution in [0.4, 0.5) is 5.69 Å². The second-order valence-corrected chi connectivity index (χ2v) is 6.35. The topological polar surface area (TPSA) is 24.5 Å². The smallest absolute Gasteiger partial charge is 0.0642 e. The standard InChI is InChI=1S/C16H23ClN2O/c1-20-7-6-18-10-12-3-5-16(15(17)9-12)19-11-13-2-4-14(19)8-13/h3,5,9,13-14,18H,2,4,6-8,10-11H2,1H3. The summed E-state index contributed by atoms with van der Waals surface area (Å²) in [6, 6.07) is 7.20. The molecule has 3 rings (SSSR count). The molecular weight excluding hydrogens is 272 g/mol. The number of hydrogen-bond acceptors (Lipinski definition) is 3. The van der Waals surface area contributed by atoms with E-state index in [4.69, 9.17) is 16.3 Å². The van der Waals surface area contributed by atoms with Crippen molar-refractivity contribution in [2.75, 3.05) is 31.7 Å². The van der Waals surface area contributed by atoms with Gasteiger partial charge in [0, 0.05) is 32.8 Å². The van der Waals surface area contributed by atoms with Gasteiger partial charge in [0.1, 0.15) is 0 Å². The highest BCUT2D eigenvalue weighted by Crippen LogP contribution is 2.42. The Labute approximate surface area is 126 Å². The Morgan fingerprint density at radius 1 is 1.40 bits per heavy atom. The SMILES string of the molecule is COCCNCc1ccc(N2CC3CCC2C3)c(Cl)c1. The molecule has 1 aliphatic heterocycles. The third kappa shape index (κ3) is 2.95. The van der Waals surface area contributed by atoms with E-state index in [9.17, 15) is 0 Å². The van der Waals surface area contributed by atoms with E-state index in [0.29, 0.717) is 0 Å². The van der Waals surface area contributed by atoms with Gasteiger partial charge in [-0.1, -0.05) is 17.7 Å². The van der Waals surface area contributed by atoms with Gasteiger partial charge < -0.3 is 15.0 Å². The number of benzene rings is 1. The minimum absolute atomic E-state index is 0.725. The molecule has 1 N–H and O–H groups in total. The van der Waals surface area contributed by atoms with E-state index >= 15 is 0 Å². The van der Waals surface area contributed by atoms with Gasteiger partial charge in [0.25, 0.3) is 0 Å². The minimum Gasteiger partial charge on any atom is -0.383 e. The molecule has 0 aromatic heterocycles. The third-order valence-electron chi connectivity index (χ3n) is 4.54. The van der Waals surface area contributed by atoms with Gasteiger partial charge in [0.05, 0.1) is 17.3 Å². The summed E-state index contributed by atoms with van der Waals surface area (Å²) in [5.41, 5.74) is 2.46. The summed E-state index contributed by atoms with van der Waals surface area (Å²) < 4.78 is 5.02. The van der Waals surface area contributed by atoms with Crippen LogP contribution < -0.4 is 10.2 Å². The second-order valence-electron chi connectivity index (χ2n) is 5.94. The van der Waals surface area contributed by atoms with Crippen molar-refractivity contribution in [3.8, 4) is 0 Å². The first-order chi connectivity index (χ1) is 9.78. The highest BCUT2D eigenvalue weighted by molar-refractivity contribution is 6.33. The van der Waals surface area contributed by atoms with Crippen molar-refractivity contribution < 1.29 is 4.74 Å². The number of nitrogens with zero attached hydrogens (tertiary/aromatic N) is 1. The number of rotatable bonds is 6. The quantitative estimate of drug-likeness (QED) is 0.816. The van der Waals surface area contributed by atoms with Gasteiger partial charge in [-0.15, -0.1) is 0 Å². The highest BCUT2D eigenvalue weighted by Gasteiger charge is 2.38. The van der Waals surface area contributed by atoms with Crippen LogP contribution in [0.3, 0.4) is 0 Å². The predicted octanol–water partition coefficient (Wildman–Crippen LogP) is 3.06. The number of halogens is 1. The molecule has 1 saturated heterocycles. The number of piperidine rings is 1. The van der Waals surface area contributed by atoms with E-state index in [0.717, 1.165) is 36.7 Å². The van der Waals surface area contributed by atoms with Gasteiger partial charge in [-0.25, -0.2) is 0 Å². The Morgan fingerprint density at radius 3 is 2.95 bits per heavy atom. The zero-order valence-electron chi connectivity index (χ0n) is 12.1. The molecule has 1 aliphatic carbocycles. The van der Waals surface area contributed by atoms with Crippen LogP contribution in [0.25, 0.3) is 0 Å². The number of methoxy groups -OCH3 is 1. The van der Waals surface area contributed by atoms with E-state index in [1.807, 2.05) is 0 Å². The number of hydrogen-bond donors (Lipinski definition) is 1. The average Bonchev–Trinajstić information content (AvgIpc) is 3.06. The summed E-state index contributed by atoms with van der Waals surface area (Å²) in [5.74, 6) is 0.895.